The quantitative estimate of drug-likeness (QED) is 0.897. The molecule has 102 valence electrons. The van der Waals surface area contributed by atoms with E-state index in [9.17, 15) is 4.39 Å². The van der Waals surface area contributed by atoms with Crippen molar-refractivity contribution in [1.29, 1.82) is 0 Å². The summed E-state index contributed by atoms with van der Waals surface area (Å²) in [7, 11) is 1.99. The first kappa shape index (κ1) is 13.7. The third-order valence-electron chi connectivity index (χ3n) is 3.35. The smallest absolute Gasteiger partial charge is 0.125 e. The van der Waals surface area contributed by atoms with Crippen LogP contribution in [0, 0.1) is 12.7 Å². The Morgan fingerprint density at radius 2 is 2.21 bits per heavy atom. The van der Waals surface area contributed by atoms with Crippen molar-refractivity contribution in [3.63, 3.8) is 0 Å². The van der Waals surface area contributed by atoms with Crippen molar-refractivity contribution in [3.05, 3.63) is 53.4 Å². The molecule has 0 aliphatic carbocycles. The Kier molecular flexibility index (Phi) is 4.32. The lowest BCUT2D eigenvalue weighted by Crippen LogP contribution is -2.26. The predicted molar refractivity (Wildman–Crippen MR) is 74.5 cm³/mol. The summed E-state index contributed by atoms with van der Waals surface area (Å²) in [5, 5.41) is 3.44. The molecule has 2 aromatic rings. The summed E-state index contributed by atoms with van der Waals surface area (Å²) in [6.07, 6.45) is 4.55. The average Bonchev–Trinajstić information content (AvgIpc) is 2.78. The molecule has 1 aromatic heterocycles. The fraction of sp³-hybridized carbons (Fsp3) is 0.400. The second-order valence-corrected chi connectivity index (χ2v) is 4.78. The van der Waals surface area contributed by atoms with Gasteiger partial charge in [0.1, 0.15) is 11.6 Å². The van der Waals surface area contributed by atoms with Crippen LogP contribution in [0.2, 0.25) is 0 Å². The predicted octanol–water partition coefficient (Wildman–Crippen LogP) is 2.76. The summed E-state index contributed by atoms with van der Waals surface area (Å²) in [5.74, 6) is 0.823. The van der Waals surface area contributed by atoms with E-state index in [4.69, 9.17) is 0 Å². The van der Waals surface area contributed by atoms with Gasteiger partial charge in [-0.3, -0.25) is 0 Å². The first-order chi connectivity index (χ1) is 9.11. The van der Waals surface area contributed by atoms with Crippen LogP contribution in [-0.4, -0.2) is 16.1 Å². The van der Waals surface area contributed by atoms with Gasteiger partial charge in [0.2, 0.25) is 0 Å². The Bertz CT molecular complexity index is 548. The van der Waals surface area contributed by atoms with Crippen molar-refractivity contribution < 1.29 is 4.39 Å². The lowest BCUT2D eigenvalue weighted by Gasteiger charge is -2.19. The number of halogens is 1. The molecule has 0 spiro atoms. The van der Waals surface area contributed by atoms with Gasteiger partial charge in [0.15, 0.2) is 0 Å². The zero-order valence-corrected chi connectivity index (χ0v) is 11.7. The fourth-order valence-corrected chi connectivity index (χ4v) is 2.32. The number of benzene rings is 1. The third-order valence-corrected chi connectivity index (χ3v) is 3.35. The van der Waals surface area contributed by atoms with Crippen molar-refractivity contribution in [2.45, 2.75) is 26.3 Å². The van der Waals surface area contributed by atoms with Crippen LogP contribution in [0.1, 0.15) is 29.9 Å². The SMILES string of the molecule is CCNC(Cc1ccc(F)cc1C)c1nccn1C. The fourth-order valence-electron chi connectivity index (χ4n) is 2.32. The average molecular weight is 261 g/mol. The standard InChI is InChI=1S/C15H20FN3/c1-4-17-14(15-18-7-8-19(15)3)10-12-5-6-13(16)9-11(12)2/h5-9,14,17H,4,10H2,1-3H3. The van der Waals surface area contributed by atoms with E-state index in [1.54, 1.807) is 12.3 Å². The molecule has 0 fully saturated rings. The van der Waals surface area contributed by atoms with Crippen molar-refractivity contribution in [2.24, 2.45) is 7.05 Å². The molecule has 4 heteroatoms. The molecule has 1 N–H and O–H groups in total. The number of rotatable bonds is 5. The molecule has 0 aliphatic heterocycles. The van der Waals surface area contributed by atoms with Gasteiger partial charge < -0.3 is 9.88 Å². The van der Waals surface area contributed by atoms with Crippen molar-refractivity contribution >= 4 is 0 Å². The van der Waals surface area contributed by atoms with E-state index in [0.717, 1.165) is 29.9 Å². The van der Waals surface area contributed by atoms with E-state index >= 15 is 0 Å². The molecule has 0 aliphatic rings. The van der Waals surface area contributed by atoms with Crippen LogP contribution in [-0.2, 0) is 13.5 Å². The number of aromatic nitrogens is 2. The maximum absolute atomic E-state index is 13.1. The van der Waals surface area contributed by atoms with E-state index in [1.165, 1.54) is 6.07 Å². The first-order valence-electron chi connectivity index (χ1n) is 6.57. The Hall–Kier alpha value is -1.68. The zero-order valence-electron chi connectivity index (χ0n) is 11.7. The Balaban J connectivity index is 2.24. The summed E-state index contributed by atoms with van der Waals surface area (Å²) in [6, 6.07) is 5.10. The van der Waals surface area contributed by atoms with Gasteiger partial charge in [-0.1, -0.05) is 13.0 Å². The van der Waals surface area contributed by atoms with E-state index in [0.29, 0.717) is 0 Å². The van der Waals surface area contributed by atoms with E-state index in [1.807, 2.05) is 30.8 Å². The summed E-state index contributed by atoms with van der Waals surface area (Å²) >= 11 is 0. The number of aryl methyl sites for hydroxylation is 2. The minimum absolute atomic E-state index is 0.147. The molecular weight excluding hydrogens is 241 g/mol. The molecule has 0 radical (unpaired) electrons. The summed E-state index contributed by atoms with van der Waals surface area (Å²) in [5.41, 5.74) is 2.13. The van der Waals surface area contributed by atoms with Crippen LogP contribution in [0.4, 0.5) is 4.39 Å². The monoisotopic (exact) mass is 261 g/mol. The normalized spacial score (nSPS) is 12.6. The Morgan fingerprint density at radius 3 is 2.79 bits per heavy atom. The Labute approximate surface area is 113 Å². The molecule has 0 saturated heterocycles. The van der Waals surface area contributed by atoms with Gasteiger partial charge in [-0.05, 0) is 43.1 Å². The molecule has 19 heavy (non-hydrogen) atoms. The number of hydrogen-bond donors (Lipinski definition) is 1. The molecule has 2 rings (SSSR count). The van der Waals surface area contributed by atoms with Crippen LogP contribution >= 0.6 is 0 Å². The van der Waals surface area contributed by atoms with Gasteiger partial charge in [-0.15, -0.1) is 0 Å². The number of imidazole rings is 1. The highest BCUT2D eigenvalue weighted by atomic mass is 19.1. The zero-order chi connectivity index (χ0) is 13.8. The lowest BCUT2D eigenvalue weighted by molar-refractivity contribution is 0.505. The largest absolute Gasteiger partial charge is 0.337 e. The van der Waals surface area contributed by atoms with Crippen LogP contribution in [0.25, 0.3) is 0 Å². The number of likely N-dealkylation sites (N-methyl/N-ethyl adjacent to an activating group) is 1. The molecule has 0 bridgehead atoms. The highest BCUT2D eigenvalue weighted by Gasteiger charge is 2.16. The van der Waals surface area contributed by atoms with Crippen LogP contribution in [0.15, 0.2) is 30.6 Å². The van der Waals surface area contributed by atoms with Gasteiger partial charge in [0, 0.05) is 19.4 Å². The maximum atomic E-state index is 13.1. The van der Waals surface area contributed by atoms with Gasteiger partial charge in [-0.25, -0.2) is 9.37 Å². The summed E-state index contributed by atoms with van der Waals surface area (Å²) < 4.78 is 15.2. The molecule has 1 aromatic carbocycles. The van der Waals surface area contributed by atoms with E-state index in [2.05, 4.69) is 17.2 Å². The second-order valence-electron chi connectivity index (χ2n) is 4.78. The number of nitrogens with one attached hydrogen (secondary N) is 1. The highest BCUT2D eigenvalue weighted by molar-refractivity contribution is 5.28. The molecule has 0 amide bonds. The van der Waals surface area contributed by atoms with Gasteiger partial charge in [-0.2, -0.15) is 0 Å². The van der Waals surface area contributed by atoms with E-state index < -0.39 is 0 Å². The molecule has 0 saturated carbocycles. The van der Waals surface area contributed by atoms with E-state index in [-0.39, 0.29) is 11.9 Å². The highest BCUT2D eigenvalue weighted by Crippen LogP contribution is 2.19. The molecule has 3 nitrogen and oxygen atoms in total. The molecule has 1 heterocycles. The summed E-state index contributed by atoms with van der Waals surface area (Å²) in [4.78, 5) is 4.40. The van der Waals surface area contributed by atoms with Gasteiger partial charge >= 0.3 is 0 Å². The lowest BCUT2D eigenvalue weighted by atomic mass is 10.0. The van der Waals surface area contributed by atoms with Crippen LogP contribution in [0.5, 0.6) is 0 Å². The third kappa shape index (κ3) is 3.20. The van der Waals surface area contributed by atoms with Gasteiger partial charge in [0.25, 0.3) is 0 Å². The minimum Gasteiger partial charge on any atom is -0.337 e. The Morgan fingerprint density at radius 1 is 1.42 bits per heavy atom. The van der Waals surface area contributed by atoms with Crippen molar-refractivity contribution in [3.8, 4) is 0 Å². The van der Waals surface area contributed by atoms with Crippen LogP contribution < -0.4 is 5.32 Å². The van der Waals surface area contributed by atoms with Crippen molar-refractivity contribution in [1.82, 2.24) is 14.9 Å². The van der Waals surface area contributed by atoms with Gasteiger partial charge in [0.05, 0.1) is 6.04 Å². The first-order valence-corrected chi connectivity index (χ1v) is 6.57. The molecular formula is C15H20FN3. The summed E-state index contributed by atoms with van der Waals surface area (Å²) in [6.45, 7) is 4.89. The topological polar surface area (TPSA) is 29.9 Å². The van der Waals surface area contributed by atoms with Crippen LogP contribution in [0.3, 0.4) is 0 Å². The van der Waals surface area contributed by atoms with Crippen molar-refractivity contribution in [2.75, 3.05) is 6.54 Å². The minimum atomic E-state index is -0.182. The number of hydrogen-bond acceptors (Lipinski definition) is 2. The molecule has 1 atom stereocenters. The number of nitrogens with zero attached hydrogens (tertiary/aromatic N) is 2. The maximum Gasteiger partial charge on any atom is 0.125 e. The second kappa shape index (κ2) is 5.97. The molecule has 1 unspecified atom stereocenters.